The molecule has 0 bridgehead atoms. The van der Waals surface area contributed by atoms with Crippen molar-refractivity contribution in [2.24, 2.45) is 5.41 Å². The molecule has 0 amide bonds. The van der Waals surface area contributed by atoms with Gasteiger partial charge < -0.3 is 10.2 Å². The topological polar surface area (TPSA) is 15.3 Å². The van der Waals surface area contributed by atoms with Crippen LogP contribution in [0, 0.1) is 5.41 Å². The molecule has 1 aromatic rings. The monoisotopic (exact) mass is 322 g/mol. The van der Waals surface area contributed by atoms with Gasteiger partial charge in [-0.05, 0) is 67.3 Å². The van der Waals surface area contributed by atoms with Gasteiger partial charge in [0.1, 0.15) is 0 Å². The van der Waals surface area contributed by atoms with Crippen LogP contribution < -0.4 is 5.32 Å². The second-order valence-electron chi connectivity index (χ2n) is 8.21. The number of nitrogens with one attached hydrogen (secondary N) is 1. The molecule has 3 aliphatic rings. The molecule has 1 saturated carbocycles. The molecular weight excluding hydrogens is 292 g/mol. The molecule has 2 heteroatoms. The molecule has 128 valence electrons. The summed E-state index contributed by atoms with van der Waals surface area (Å²) in [5.41, 5.74) is 3.61. The first-order chi connectivity index (χ1) is 11.7. The SMILES string of the molecule is CC(C)c1ccccc1[C@@H]1C=CC=CN1C1CC2(CCNCC2)C1. The molecule has 0 radical (unpaired) electrons. The van der Waals surface area contributed by atoms with Crippen molar-refractivity contribution in [2.75, 3.05) is 13.1 Å². The van der Waals surface area contributed by atoms with Crippen molar-refractivity contribution in [3.8, 4) is 0 Å². The Labute approximate surface area is 146 Å². The fraction of sp³-hybridized carbons (Fsp3) is 0.545. The van der Waals surface area contributed by atoms with Gasteiger partial charge in [0.05, 0.1) is 6.04 Å². The van der Waals surface area contributed by atoms with Crippen molar-refractivity contribution in [2.45, 2.75) is 57.5 Å². The Hall–Kier alpha value is -1.54. The lowest BCUT2D eigenvalue weighted by molar-refractivity contribution is -0.0110. The molecule has 2 heterocycles. The van der Waals surface area contributed by atoms with Gasteiger partial charge in [-0.15, -0.1) is 0 Å². The Kier molecular flexibility index (Phi) is 4.26. The van der Waals surface area contributed by atoms with Crippen LogP contribution in [0.5, 0.6) is 0 Å². The first-order valence-corrected chi connectivity index (χ1v) is 9.61. The summed E-state index contributed by atoms with van der Waals surface area (Å²) in [5.74, 6) is 0.569. The molecule has 1 saturated heterocycles. The van der Waals surface area contributed by atoms with E-state index in [9.17, 15) is 0 Å². The molecule has 0 aromatic heterocycles. The number of allylic oxidation sites excluding steroid dienone is 2. The first kappa shape index (κ1) is 16.0. The van der Waals surface area contributed by atoms with E-state index in [0.717, 1.165) is 0 Å². The zero-order valence-electron chi connectivity index (χ0n) is 15.0. The van der Waals surface area contributed by atoms with Gasteiger partial charge in [0.25, 0.3) is 0 Å². The minimum atomic E-state index is 0.401. The molecular formula is C22H30N2. The van der Waals surface area contributed by atoms with E-state index in [1.165, 1.54) is 49.9 Å². The summed E-state index contributed by atoms with van der Waals surface area (Å²) in [6.45, 7) is 7.03. The van der Waals surface area contributed by atoms with Crippen LogP contribution in [0.15, 0.2) is 48.7 Å². The molecule has 1 N–H and O–H groups in total. The number of rotatable bonds is 3. The van der Waals surface area contributed by atoms with Crippen molar-refractivity contribution in [3.05, 3.63) is 59.8 Å². The molecule has 1 aliphatic carbocycles. The molecule has 2 aliphatic heterocycles. The van der Waals surface area contributed by atoms with Crippen molar-refractivity contribution >= 4 is 0 Å². The van der Waals surface area contributed by atoms with Gasteiger partial charge in [-0.3, -0.25) is 0 Å². The zero-order valence-corrected chi connectivity index (χ0v) is 15.0. The van der Waals surface area contributed by atoms with Gasteiger partial charge >= 0.3 is 0 Å². The van der Waals surface area contributed by atoms with Crippen LogP contribution in [0.3, 0.4) is 0 Å². The number of piperidine rings is 1. The van der Waals surface area contributed by atoms with Crippen LogP contribution in [0.4, 0.5) is 0 Å². The maximum atomic E-state index is 3.52. The first-order valence-electron chi connectivity index (χ1n) is 9.61. The van der Waals surface area contributed by atoms with Crippen LogP contribution in [-0.2, 0) is 0 Å². The molecule has 1 spiro atoms. The van der Waals surface area contributed by atoms with Crippen molar-refractivity contribution < 1.29 is 0 Å². The van der Waals surface area contributed by atoms with Gasteiger partial charge in [-0.1, -0.05) is 50.3 Å². The van der Waals surface area contributed by atoms with Gasteiger partial charge in [0.15, 0.2) is 0 Å². The van der Waals surface area contributed by atoms with E-state index in [4.69, 9.17) is 0 Å². The largest absolute Gasteiger partial charge is 0.364 e. The van der Waals surface area contributed by atoms with E-state index in [-0.39, 0.29) is 0 Å². The summed E-state index contributed by atoms with van der Waals surface area (Å²) < 4.78 is 0. The summed E-state index contributed by atoms with van der Waals surface area (Å²) in [6.07, 6.45) is 14.6. The Morgan fingerprint density at radius 1 is 1.08 bits per heavy atom. The third-order valence-corrected chi connectivity index (χ3v) is 6.34. The van der Waals surface area contributed by atoms with Crippen molar-refractivity contribution in [1.29, 1.82) is 0 Å². The molecule has 2 nitrogen and oxygen atoms in total. The minimum Gasteiger partial charge on any atom is -0.364 e. The second-order valence-corrected chi connectivity index (χ2v) is 8.21. The number of benzene rings is 1. The number of hydrogen-bond donors (Lipinski definition) is 1. The summed E-state index contributed by atoms with van der Waals surface area (Å²) in [4.78, 5) is 2.63. The second kappa shape index (κ2) is 6.40. The van der Waals surface area contributed by atoms with Gasteiger partial charge in [0, 0.05) is 12.2 Å². The fourth-order valence-corrected chi connectivity index (χ4v) is 4.95. The Morgan fingerprint density at radius 3 is 2.58 bits per heavy atom. The van der Waals surface area contributed by atoms with E-state index in [1.54, 1.807) is 0 Å². The molecule has 24 heavy (non-hydrogen) atoms. The molecule has 2 fully saturated rings. The Morgan fingerprint density at radius 2 is 1.83 bits per heavy atom. The average Bonchev–Trinajstić information content (AvgIpc) is 2.60. The molecule has 0 unspecified atom stereocenters. The minimum absolute atomic E-state index is 0.401. The van der Waals surface area contributed by atoms with E-state index in [1.807, 2.05) is 0 Å². The van der Waals surface area contributed by atoms with E-state index < -0.39 is 0 Å². The highest BCUT2D eigenvalue weighted by Crippen LogP contribution is 2.52. The highest BCUT2D eigenvalue weighted by atomic mass is 15.2. The van der Waals surface area contributed by atoms with Crippen molar-refractivity contribution in [1.82, 2.24) is 10.2 Å². The van der Waals surface area contributed by atoms with E-state index in [0.29, 0.717) is 23.4 Å². The molecule has 1 atom stereocenters. The highest BCUT2D eigenvalue weighted by Gasteiger charge is 2.47. The summed E-state index contributed by atoms with van der Waals surface area (Å²) in [5, 5.41) is 3.52. The maximum absolute atomic E-state index is 3.52. The standard InChI is InChI=1S/C22H30N2/c1-17(2)19-7-3-4-8-20(19)21-9-5-6-14-24(21)18-15-22(16-18)10-12-23-13-11-22/h3-9,14,17-18,21,23H,10-13,15-16H2,1-2H3/t21-/m0/s1. The lowest BCUT2D eigenvalue weighted by Gasteiger charge is -2.55. The average molecular weight is 322 g/mol. The van der Waals surface area contributed by atoms with Crippen LogP contribution in [0.1, 0.15) is 62.6 Å². The maximum Gasteiger partial charge on any atom is 0.0730 e. The fourth-order valence-electron chi connectivity index (χ4n) is 4.95. The summed E-state index contributed by atoms with van der Waals surface area (Å²) in [7, 11) is 0. The Balaban J connectivity index is 1.55. The normalized spacial score (nSPS) is 26.1. The third kappa shape index (κ3) is 2.82. The number of nitrogens with zero attached hydrogens (tertiary/aromatic N) is 1. The quantitative estimate of drug-likeness (QED) is 0.862. The number of hydrogen-bond acceptors (Lipinski definition) is 2. The highest BCUT2D eigenvalue weighted by molar-refractivity contribution is 5.37. The van der Waals surface area contributed by atoms with Gasteiger partial charge in [-0.2, -0.15) is 0 Å². The lowest BCUT2D eigenvalue weighted by Crippen LogP contribution is -2.53. The third-order valence-electron chi connectivity index (χ3n) is 6.34. The zero-order chi connectivity index (χ0) is 16.6. The predicted molar refractivity (Wildman–Crippen MR) is 101 cm³/mol. The van der Waals surface area contributed by atoms with Gasteiger partial charge in [-0.25, -0.2) is 0 Å². The van der Waals surface area contributed by atoms with E-state index >= 15 is 0 Å². The predicted octanol–water partition coefficient (Wildman–Crippen LogP) is 4.77. The summed E-state index contributed by atoms with van der Waals surface area (Å²) in [6, 6.07) is 10.1. The van der Waals surface area contributed by atoms with Crippen LogP contribution in [0.25, 0.3) is 0 Å². The van der Waals surface area contributed by atoms with Crippen LogP contribution in [-0.4, -0.2) is 24.0 Å². The van der Waals surface area contributed by atoms with E-state index in [2.05, 4.69) is 72.8 Å². The molecule has 1 aromatic carbocycles. The Bertz CT molecular complexity index is 629. The smallest absolute Gasteiger partial charge is 0.0730 e. The van der Waals surface area contributed by atoms with Crippen LogP contribution >= 0.6 is 0 Å². The molecule has 4 rings (SSSR count). The van der Waals surface area contributed by atoms with Gasteiger partial charge in [0.2, 0.25) is 0 Å². The van der Waals surface area contributed by atoms with Crippen LogP contribution in [0.2, 0.25) is 0 Å². The summed E-state index contributed by atoms with van der Waals surface area (Å²) >= 11 is 0. The van der Waals surface area contributed by atoms with Crippen molar-refractivity contribution in [3.63, 3.8) is 0 Å². The lowest BCUT2D eigenvalue weighted by atomic mass is 9.60.